The normalized spacial score (nSPS) is 13.8. The Morgan fingerprint density at radius 2 is 2.04 bits per heavy atom. The van der Waals surface area contributed by atoms with Gasteiger partial charge in [-0.3, -0.25) is 4.79 Å². The van der Waals surface area contributed by atoms with Gasteiger partial charge in [-0.25, -0.2) is 9.98 Å². The van der Waals surface area contributed by atoms with Crippen molar-refractivity contribution in [3.8, 4) is 17.3 Å². The first-order valence-electron chi connectivity index (χ1n) is 7.98. The van der Waals surface area contributed by atoms with E-state index in [1.807, 2.05) is 24.3 Å². The van der Waals surface area contributed by atoms with Crippen LogP contribution in [0.2, 0.25) is 0 Å². The number of pyridine rings is 1. The molecular weight excluding hydrogens is 330 g/mol. The van der Waals surface area contributed by atoms with Gasteiger partial charge in [-0.1, -0.05) is 0 Å². The summed E-state index contributed by atoms with van der Waals surface area (Å²) in [6.45, 7) is 1.46. The molecule has 1 amide bonds. The van der Waals surface area contributed by atoms with Crippen LogP contribution >= 0.6 is 0 Å². The number of benzene rings is 1. The Morgan fingerprint density at radius 1 is 1.23 bits per heavy atom. The molecule has 4 rings (SSSR count). The lowest BCUT2D eigenvalue weighted by Gasteiger charge is -2.02. The molecule has 3 N–H and O–H groups in total. The molecule has 0 aliphatic carbocycles. The lowest BCUT2D eigenvalue weighted by Crippen LogP contribution is -2.05. The minimum atomic E-state index is -0.129. The molecule has 0 bridgehead atoms. The van der Waals surface area contributed by atoms with Crippen molar-refractivity contribution in [3.63, 3.8) is 0 Å². The summed E-state index contributed by atoms with van der Waals surface area (Å²) in [7, 11) is 0. The number of H-pyrrole nitrogens is 1. The van der Waals surface area contributed by atoms with Gasteiger partial charge in [0.1, 0.15) is 11.5 Å². The van der Waals surface area contributed by atoms with Crippen molar-refractivity contribution in [2.24, 2.45) is 4.99 Å². The van der Waals surface area contributed by atoms with E-state index in [0.717, 1.165) is 16.7 Å². The average molecular weight is 345 g/mol. The second-order valence-corrected chi connectivity index (χ2v) is 5.81. The fourth-order valence-electron chi connectivity index (χ4n) is 2.73. The number of aliphatic imine (C=N–C) groups is 1. The van der Waals surface area contributed by atoms with E-state index in [0.29, 0.717) is 23.0 Å². The topological polar surface area (TPSA) is 103 Å². The van der Waals surface area contributed by atoms with Crippen molar-refractivity contribution in [2.75, 3.05) is 5.32 Å². The van der Waals surface area contributed by atoms with Gasteiger partial charge in [0.25, 0.3) is 0 Å². The predicted molar refractivity (Wildman–Crippen MR) is 100 cm³/mol. The molecule has 1 aromatic carbocycles. The first kappa shape index (κ1) is 15.8. The zero-order valence-electron chi connectivity index (χ0n) is 13.9. The second kappa shape index (κ2) is 6.29. The van der Waals surface area contributed by atoms with Crippen LogP contribution in [0.1, 0.15) is 18.2 Å². The Balaban J connectivity index is 1.64. The number of allylic oxidation sites excluding steroid dienone is 1. The van der Waals surface area contributed by atoms with E-state index in [1.165, 1.54) is 6.92 Å². The number of rotatable bonds is 3. The molecule has 0 radical (unpaired) electrons. The SMILES string of the molecule is CC(=O)Nc1ccc(-c2nc(O)c(C=C3C=Nc4ncccc43)[nH]2)cc1. The van der Waals surface area contributed by atoms with E-state index in [9.17, 15) is 9.90 Å². The lowest BCUT2D eigenvalue weighted by atomic mass is 10.1. The van der Waals surface area contributed by atoms with E-state index in [4.69, 9.17) is 0 Å². The Hall–Kier alpha value is -3.74. The van der Waals surface area contributed by atoms with Gasteiger partial charge in [-0.2, -0.15) is 4.98 Å². The van der Waals surface area contributed by atoms with E-state index in [-0.39, 0.29) is 11.8 Å². The first-order valence-corrected chi connectivity index (χ1v) is 7.98. The highest BCUT2D eigenvalue weighted by Crippen LogP contribution is 2.32. The Labute approximate surface area is 149 Å². The molecule has 26 heavy (non-hydrogen) atoms. The molecule has 0 saturated heterocycles. The molecule has 0 fully saturated rings. The number of aromatic hydroxyl groups is 1. The number of fused-ring (bicyclic) bond motifs is 1. The van der Waals surface area contributed by atoms with E-state index >= 15 is 0 Å². The third kappa shape index (κ3) is 2.98. The van der Waals surface area contributed by atoms with E-state index in [1.54, 1.807) is 30.6 Å². The van der Waals surface area contributed by atoms with Gasteiger partial charge < -0.3 is 15.4 Å². The zero-order valence-corrected chi connectivity index (χ0v) is 13.9. The number of imidazole rings is 1. The van der Waals surface area contributed by atoms with Gasteiger partial charge in [0.15, 0.2) is 5.82 Å². The van der Waals surface area contributed by atoms with Crippen LogP contribution in [0.5, 0.6) is 5.88 Å². The van der Waals surface area contributed by atoms with Crippen LogP contribution in [0.25, 0.3) is 23.0 Å². The van der Waals surface area contributed by atoms with Gasteiger partial charge in [0.2, 0.25) is 11.8 Å². The zero-order chi connectivity index (χ0) is 18.1. The van der Waals surface area contributed by atoms with Crippen LogP contribution in [0.15, 0.2) is 47.6 Å². The standard InChI is InChI=1S/C19H15N5O2/c1-11(25)22-14-6-4-12(5-7-14)17-23-16(19(26)24-17)9-13-10-21-18-15(13)3-2-8-20-18/h2-10,26H,1H3,(H,22,25)(H,23,24). The van der Waals surface area contributed by atoms with Crippen molar-refractivity contribution in [1.82, 2.24) is 15.0 Å². The van der Waals surface area contributed by atoms with Crippen LogP contribution in [-0.4, -0.2) is 32.2 Å². The Morgan fingerprint density at radius 3 is 2.81 bits per heavy atom. The molecule has 3 aromatic rings. The number of aromatic nitrogens is 3. The van der Waals surface area contributed by atoms with Crippen molar-refractivity contribution in [3.05, 3.63) is 53.9 Å². The van der Waals surface area contributed by atoms with Crippen molar-refractivity contribution >= 4 is 35.3 Å². The number of amides is 1. The highest BCUT2D eigenvalue weighted by atomic mass is 16.3. The monoisotopic (exact) mass is 345 g/mol. The number of anilines is 1. The minimum absolute atomic E-state index is 0.0934. The van der Waals surface area contributed by atoms with Crippen LogP contribution in [0.3, 0.4) is 0 Å². The molecule has 3 heterocycles. The van der Waals surface area contributed by atoms with Crippen molar-refractivity contribution in [2.45, 2.75) is 6.92 Å². The third-order valence-electron chi connectivity index (χ3n) is 3.91. The fourth-order valence-corrected chi connectivity index (χ4v) is 2.73. The summed E-state index contributed by atoms with van der Waals surface area (Å²) in [5.74, 6) is 0.969. The maximum absolute atomic E-state index is 11.1. The molecule has 0 unspecified atom stereocenters. The first-order chi connectivity index (χ1) is 12.6. The Kier molecular flexibility index (Phi) is 3.81. The van der Waals surface area contributed by atoms with Crippen LogP contribution in [0, 0.1) is 0 Å². The molecular formula is C19H15N5O2. The summed E-state index contributed by atoms with van der Waals surface area (Å²) in [5.41, 5.74) is 3.73. The molecule has 0 saturated carbocycles. The quantitative estimate of drug-likeness (QED) is 0.677. The van der Waals surface area contributed by atoms with Crippen molar-refractivity contribution in [1.29, 1.82) is 0 Å². The van der Waals surface area contributed by atoms with Gasteiger partial charge >= 0.3 is 0 Å². The smallest absolute Gasteiger partial charge is 0.237 e. The number of nitrogens with one attached hydrogen (secondary N) is 2. The van der Waals surface area contributed by atoms with Gasteiger partial charge in [-0.15, -0.1) is 0 Å². The highest BCUT2D eigenvalue weighted by Gasteiger charge is 2.15. The summed E-state index contributed by atoms with van der Waals surface area (Å²) in [6, 6.07) is 11.0. The predicted octanol–water partition coefficient (Wildman–Crippen LogP) is 3.39. The number of nitrogens with zero attached hydrogens (tertiary/aromatic N) is 3. The molecule has 1 aliphatic rings. The molecule has 7 heteroatoms. The average Bonchev–Trinajstić information content (AvgIpc) is 3.20. The second-order valence-electron chi connectivity index (χ2n) is 5.81. The summed E-state index contributed by atoms with van der Waals surface area (Å²) >= 11 is 0. The van der Waals surface area contributed by atoms with Crippen LogP contribution in [0.4, 0.5) is 11.5 Å². The molecule has 0 spiro atoms. The summed E-state index contributed by atoms with van der Waals surface area (Å²) in [5, 5.41) is 12.9. The van der Waals surface area contributed by atoms with Crippen LogP contribution < -0.4 is 5.32 Å². The number of carbonyl (C=O) groups is 1. The number of carbonyl (C=O) groups excluding carboxylic acids is 1. The largest absolute Gasteiger partial charge is 0.492 e. The minimum Gasteiger partial charge on any atom is -0.492 e. The molecule has 0 atom stereocenters. The number of hydrogen-bond acceptors (Lipinski definition) is 5. The third-order valence-corrected chi connectivity index (χ3v) is 3.91. The van der Waals surface area contributed by atoms with Gasteiger partial charge in [0.05, 0.1) is 0 Å². The molecule has 2 aromatic heterocycles. The van der Waals surface area contributed by atoms with Crippen LogP contribution in [-0.2, 0) is 4.79 Å². The molecule has 1 aliphatic heterocycles. The molecule has 128 valence electrons. The van der Waals surface area contributed by atoms with Gasteiger partial charge in [0, 0.05) is 41.7 Å². The van der Waals surface area contributed by atoms with Gasteiger partial charge in [-0.05, 0) is 42.5 Å². The Bertz CT molecular complexity index is 1050. The van der Waals surface area contributed by atoms with E-state index in [2.05, 4.69) is 25.3 Å². The maximum atomic E-state index is 11.1. The lowest BCUT2D eigenvalue weighted by molar-refractivity contribution is -0.114. The maximum Gasteiger partial charge on any atom is 0.237 e. The number of hydrogen-bond donors (Lipinski definition) is 3. The summed E-state index contributed by atoms with van der Waals surface area (Å²) in [6.07, 6.45) is 5.18. The van der Waals surface area contributed by atoms with Crippen molar-refractivity contribution < 1.29 is 9.90 Å². The fraction of sp³-hybridized carbons (Fsp3) is 0.0526. The highest BCUT2D eigenvalue weighted by molar-refractivity contribution is 6.20. The summed E-state index contributed by atoms with van der Waals surface area (Å²) < 4.78 is 0. The summed E-state index contributed by atoms with van der Waals surface area (Å²) in [4.78, 5) is 26.8. The molecule has 7 nitrogen and oxygen atoms in total. The van der Waals surface area contributed by atoms with E-state index < -0.39 is 0 Å². The number of aromatic amines is 1.